The van der Waals surface area contributed by atoms with E-state index in [1.165, 1.54) is 0 Å². The molecular weight excluding hydrogens is 328 g/mol. The lowest BCUT2D eigenvalue weighted by Crippen LogP contribution is -2.30. The van der Waals surface area contributed by atoms with E-state index in [-0.39, 0.29) is 12.8 Å². The van der Waals surface area contributed by atoms with E-state index in [9.17, 15) is 14.4 Å². The maximum Gasteiger partial charge on any atom is 0.313 e. The molecule has 0 spiro atoms. The first kappa shape index (κ1) is 19.1. The number of ether oxygens (including phenoxy) is 2. The molecule has 1 unspecified atom stereocenters. The predicted molar refractivity (Wildman–Crippen MR) is 78.6 cm³/mol. The topological polar surface area (TPSA) is 69.7 Å². The largest absolute Gasteiger partial charge is 0.460 e. The quantitative estimate of drug-likeness (QED) is 0.433. The number of esters is 2. The van der Waals surface area contributed by atoms with Crippen molar-refractivity contribution in [1.82, 2.24) is 0 Å². The van der Waals surface area contributed by atoms with E-state index < -0.39 is 33.8 Å². The van der Waals surface area contributed by atoms with E-state index in [1.54, 1.807) is 41.5 Å². The summed E-state index contributed by atoms with van der Waals surface area (Å²) < 4.78 is 10.2. The van der Waals surface area contributed by atoms with Gasteiger partial charge < -0.3 is 9.47 Å². The number of hydrogen-bond acceptors (Lipinski definition) is 5. The van der Waals surface area contributed by atoms with E-state index in [4.69, 9.17) is 9.47 Å². The maximum absolute atomic E-state index is 11.8. The van der Waals surface area contributed by atoms with Crippen LogP contribution in [0.5, 0.6) is 0 Å². The molecule has 116 valence electrons. The molecule has 0 amide bonds. The lowest BCUT2D eigenvalue weighted by molar-refractivity contribution is -0.158. The zero-order valence-corrected chi connectivity index (χ0v) is 14.5. The molecule has 0 N–H and O–H groups in total. The Morgan fingerprint density at radius 1 is 0.900 bits per heavy atom. The van der Waals surface area contributed by atoms with Crippen molar-refractivity contribution >= 4 is 33.7 Å². The Hall–Kier alpha value is -0.910. The lowest BCUT2D eigenvalue weighted by Gasteiger charge is -2.21. The fourth-order valence-electron chi connectivity index (χ4n) is 1.27. The first-order valence-electron chi connectivity index (χ1n) is 6.40. The van der Waals surface area contributed by atoms with Crippen LogP contribution in [0.2, 0.25) is 0 Å². The van der Waals surface area contributed by atoms with E-state index in [2.05, 4.69) is 15.9 Å². The summed E-state index contributed by atoms with van der Waals surface area (Å²) in [6.45, 7) is 10.4. The molecule has 0 aliphatic rings. The normalized spacial score (nSPS) is 13.6. The van der Waals surface area contributed by atoms with Crippen molar-refractivity contribution in [2.45, 2.75) is 70.4 Å². The zero-order valence-electron chi connectivity index (χ0n) is 12.9. The van der Waals surface area contributed by atoms with Gasteiger partial charge in [0.25, 0.3) is 0 Å². The molecule has 0 radical (unpaired) electrons. The summed E-state index contributed by atoms with van der Waals surface area (Å²) in [6, 6.07) is 0. The SMILES string of the molecule is CC(C)(C)OC(=O)CC(=O)C(Br)CC(=O)OC(C)(C)C. The number of rotatable bonds is 5. The summed E-state index contributed by atoms with van der Waals surface area (Å²) in [5.74, 6) is -1.49. The minimum atomic E-state index is -0.745. The van der Waals surface area contributed by atoms with Gasteiger partial charge in [-0.1, -0.05) is 15.9 Å². The summed E-state index contributed by atoms with van der Waals surface area (Å²) >= 11 is 3.10. The average molecular weight is 351 g/mol. The second kappa shape index (κ2) is 7.20. The van der Waals surface area contributed by atoms with Gasteiger partial charge >= 0.3 is 11.9 Å². The number of alkyl halides is 1. The third kappa shape index (κ3) is 9.95. The number of halogens is 1. The number of Topliss-reactive ketones (excluding diaryl/α,β-unsaturated/α-hetero) is 1. The third-order valence-electron chi connectivity index (χ3n) is 1.85. The van der Waals surface area contributed by atoms with Crippen LogP contribution >= 0.6 is 15.9 Å². The molecule has 0 aromatic rings. The van der Waals surface area contributed by atoms with Gasteiger partial charge in [-0.25, -0.2) is 0 Å². The Balaban J connectivity index is 4.29. The van der Waals surface area contributed by atoms with Gasteiger partial charge in [-0.3, -0.25) is 14.4 Å². The van der Waals surface area contributed by atoms with Crippen molar-refractivity contribution in [3.63, 3.8) is 0 Å². The van der Waals surface area contributed by atoms with Gasteiger partial charge in [-0.2, -0.15) is 0 Å². The molecule has 6 heteroatoms. The van der Waals surface area contributed by atoms with Gasteiger partial charge in [0.05, 0.1) is 11.2 Å². The summed E-state index contributed by atoms with van der Waals surface area (Å²) in [5.41, 5.74) is -1.23. The van der Waals surface area contributed by atoms with Crippen LogP contribution in [-0.2, 0) is 23.9 Å². The molecule has 0 aliphatic heterocycles. The second-order valence-corrected chi connectivity index (χ2v) is 7.59. The highest BCUT2D eigenvalue weighted by Gasteiger charge is 2.26. The molecule has 0 fully saturated rings. The first-order valence-corrected chi connectivity index (χ1v) is 7.32. The van der Waals surface area contributed by atoms with Crippen LogP contribution in [0.25, 0.3) is 0 Å². The van der Waals surface area contributed by atoms with Gasteiger partial charge in [-0.15, -0.1) is 0 Å². The highest BCUT2D eigenvalue weighted by Crippen LogP contribution is 2.16. The van der Waals surface area contributed by atoms with Crippen LogP contribution in [0.4, 0.5) is 0 Å². The van der Waals surface area contributed by atoms with Crippen molar-refractivity contribution in [2.24, 2.45) is 0 Å². The molecule has 0 saturated carbocycles. The molecule has 5 nitrogen and oxygen atoms in total. The first-order chi connectivity index (χ1) is 8.80. The maximum atomic E-state index is 11.8. The Morgan fingerprint density at radius 3 is 1.70 bits per heavy atom. The summed E-state index contributed by atoms with van der Waals surface area (Å²) in [4.78, 5) is 34.1. The molecule has 0 aromatic heterocycles. The van der Waals surface area contributed by atoms with Gasteiger partial charge in [0.2, 0.25) is 0 Å². The zero-order chi connectivity index (χ0) is 16.1. The molecule has 0 aromatic carbocycles. The highest BCUT2D eigenvalue weighted by molar-refractivity contribution is 9.10. The van der Waals surface area contributed by atoms with Crippen LogP contribution in [0.1, 0.15) is 54.4 Å². The fraction of sp³-hybridized carbons (Fsp3) is 0.786. The van der Waals surface area contributed by atoms with Crippen LogP contribution in [-0.4, -0.2) is 33.8 Å². The number of hydrogen-bond donors (Lipinski definition) is 0. The van der Waals surface area contributed by atoms with Crippen molar-refractivity contribution < 1.29 is 23.9 Å². The molecule has 0 heterocycles. The smallest absolute Gasteiger partial charge is 0.313 e. The van der Waals surface area contributed by atoms with Crippen LogP contribution in [0, 0.1) is 0 Å². The second-order valence-electron chi connectivity index (χ2n) is 6.49. The Morgan fingerprint density at radius 2 is 1.30 bits per heavy atom. The molecule has 0 saturated heterocycles. The minimum Gasteiger partial charge on any atom is -0.460 e. The molecule has 0 bridgehead atoms. The third-order valence-corrected chi connectivity index (χ3v) is 2.69. The standard InChI is InChI=1S/C14H23BrO5/c1-13(2,3)19-11(17)7-9(15)10(16)8-12(18)20-14(4,5)6/h9H,7-8H2,1-6H3. The van der Waals surface area contributed by atoms with Gasteiger partial charge in [0.1, 0.15) is 17.6 Å². The molecule has 1 atom stereocenters. The summed E-state index contributed by atoms with van der Waals surface area (Å²) in [6.07, 6.45) is -0.477. The van der Waals surface area contributed by atoms with Crippen molar-refractivity contribution in [2.75, 3.05) is 0 Å². The average Bonchev–Trinajstić information content (AvgIpc) is 2.10. The van der Waals surface area contributed by atoms with E-state index in [0.29, 0.717) is 0 Å². The van der Waals surface area contributed by atoms with Gasteiger partial charge in [-0.05, 0) is 41.5 Å². The molecule has 20 heavy (non-hydrogen) atoms. The van der Waals surface area contributed by atoms with Crippen molar-refractivity contribution in [1.29, 1.82) is 0 Å². The number of carbonyl (C=O) groups is 3. The molecule has 0 rings (SSSR count). The van der Waals surface area contributed by atoms with E-state index >= 15 is 0 Å². The Kier molecular flexibility index (Phi) is 6.87. The fourth-order valence-corrected chi connectivity index (χ4v) is 1.70. The highest BCUT2D eigenvalue weighted by atomic mass is 79.9. The molecular formula is C14H23BrO5. The lowest BCUT2D eigenvalue weighted by atomic mass is 10.1. The summed E-state index contributed by atoms with van der Waals surface area (Å²) in [7, 11) is 0. The molecule has 0 aliphatic carbocycles. The van der Waals surface area contributed by atoms with Crippen LogP contribution < -0.4 is 0 Å². The van der Waals surface area contributed by atoms with E-state index in [1.807, 2.05) is 0 Å². The number of carbonyl (C=O) groups excluding carboxylic acids is 3. The Bertz CT molecular complexity index is 376. The Labute approximate surface area is 128 Å². The predicted octanol–water partition coefficient (Wildman–Crippen LogP) is 2.78. The minimum absolute atomic E-state index is 0.112. The monoisotopic (exact) mass is 350 g/mol. The van der Waals surface area contributed by atoms with Crippen molar-refractivity contribution in [3.8, 4) is 0 Å². The van der Waals surface area contributed by atoms with E-state index in [0.717, 1.165) is 0 Å². The van der Waals surface area contributed by atoms with Gasteiger partial charge in [0.15, 0.2) is 5.78 Å². The van der Waals surface area contributed by atoms with Crippen LogP contribution in [0.15, 0.2) is 0 Å². The summed E-state index contributed by atoms with van der Waals surface area (Å²) in [5, 5.41) is 0. The van der Waals surface area contributed by atoms with Gasteiger partial charge in [0, 0.05) is 0 Å². The van der Waals surface area contributed by atoms with Crippen LogP contribution in [0.3, 0.4) is 0 Å². The van der Waals surface area contributed by atoms with Crippen molar-refractivity contribution in [3.05, 3.63) is 0 Å². The number of ketones is 1.